The predicted octanol–water partition coefficient (Wildman–Crippen LogP) is 2.43. The number of hydrogen-bond donors (Lipinski definition) is 5. The van der Waals surface area contributed by atoms with Crippen molar-refractivity contribution in [3.05, 3.63) is 63.4 Å². The molecular weight excluding hydrogens is 524 g/mol. The summed E-state index contributed by atoms with van der Waals surface area (Å²) in [5, 5.41) is 45.2. The highest BCUT2D eigenvalue weighted by Gasteiger charge is 2.60. The van der Waals surface area contributed by atoms with E-state index >= 15 is 4.39 Å². The number of amides is 1. The van der Waals surface area contributed by atoms with Crippen LogP contribution in [-0.2, 0) is 17.8 Å². The Morgan fingerprint density at radius 2 is 1.93 bits per heavy atom. The minimum absolute atomic E-state index is 0.00719. The number of halogens is 2. The van der Waals surface area contributed by atoms with Gasteiger partial charge < -0.3 is 26.2 Å². The molecule has 1 unspecified atom stereocenters. The highest BCUT2D eigenvalue weighted by atomic mass is 19.1. The van der Waals surface area contributed by atoms with E-state index in [4.69, 9.17) is 5.73 Å². The van der Waals surface area contributed by atoms with Crippen LogP contribution in [-0.4, -0.2) is 87.4 Å². The summed E-state index contributed by atoms with van der Waals surface area (Å²) in [6, 6.07) is 0.190. The molecule has 9 nitrogen and oxygen atoms in total. The second-order valence-electron chi connectivity index (χ2n) is 11.7. The maximum Gasteiger partial charge on any atom is 0.252 e. The zero-order valence-electron chi connectivity index (χ0n) is 22.6. The Labute approximate surface area is 230 Å². The van der Waals surface area contributed by atoms with E-state index in [0.717, 1.165) is 18.9 Å². The zero-order chi connectivity index (χ0) is 29.3. The number of phenolic OH excluding ortho intramolecular Hbond substituents is 1. The third-order valence-corrected chi connectivity index (χ3v) is 8.93. The molecule has 1 aromatic rings. The molecule has 4 aliphatic rings. The van der Waals surface area contributed by atoms with Crippen LogP contribution < -0.4 is 5.73 Å². The van der Waals surface area contributed by atoms with Crippen LogP contribution in [0.3, 0.4) is 0 Å². The standard InChI is InChI=1S/C29H35F2N3O6/c1-13-20(28(32)39)26(37)24(33(2)3)18-9-15-8-17-22(25(36)21(15)27(38)29(13,18)40)19(35)10-16(23(17)31)12-34(7-6-30)11-14-4-5-14/h10,14-15,18,24,35,37-38,40H,1,4-9,11-12H2,2-3H3,(H2,32,39)/t15-,18?,24-,29-/m0/s1. The Morgan fingerprint density at radius 1 is 1.25 bits per heavy atom. The number of Topliss-reactive ketones (excluding diaryl/α,β-unsaturated/α-hetero) is 1. The van der Waals surface area contributed by atoms with Gasteiger partial charge in [-0.25, -0.2) is 8.78 Å². The van der Waals surface area contributed by atoms with Crippen LogP contribution in [0.15, 0.2) is 40.9 Å². The lowest BCUT2D eigenvalue weighted by Gasteiger charge is -2.52. The number of aromatic hydroxyl groups is 1. The molecule has 216 valence electrons. The molecule has 0 heterocycles. The van der Waals surface area contributed by atoms with E-state index in [-0.39, 0.29) is 53.8 Å². The molecule has 6 N–H and O–H groups in total. The van der Waals surface area contributed by atoms with Crippen molar-refractivity contribution < 1.29 is 38.8 Å². The summed E-state index contributed by atoms with van der Waals surface area (Å²) in [6.45, 7) is 3.96. The van der Waals surface area contributed by atoms with E-state index in [2.05, 4.69) is 6.58 Å². The fraction of sp³-hybridized carbons (Fsp3) is 0.517. The molecule has 0 aromatic heterocycles. The van der Waals surface area contributed by atoms with Crippen molar-refractivity contribution >= 4 is 11.7 Å². The molecule has 0 aliphatic heterocycles. The van der Waals surface area contributed by atoms with Crippen LogP contribution in [0, 0.1) is 23.6 Å². The SMILES string of the molecule is C=C1C(C(N)=O)=C(O)[C@@H](N(C)C)C2C[C@@H]3Cc4c(F)c(CN(CCF)CC5CC5)cc(O)c4C(=O)C3=C(O)[C@]12O. The first kappa shape index (κ1) is 28.3. The Hall–Kier alpha value is -3.28. The van der Waals surface area contributed by atoms with Crippen molar-refractivity contribution in [3.8, 4) is 5.75 Å². The van der Waals surface area contributed by atoms with E-state index in [0.29, 0.717) is 12.5 Å². The molecule has 11 heteroatoms. The van der Waals surface area contributed by atoms with Crippen LogP contribution in [0.25, 0.3) is 0 Å². The quantitative estimate of drug-likeness (QED) is 0.326. The first-order chi connectivity index (χ1) is 18.8. The van der Waals surface area contributed by atoms with E-state index in [1.807, 2.05) is 0 Å². The number of primary amides is 1. The second-order valence-corrected chi connectivity index (χ2v) is 11.7. The van der Waals surface area contributed by atoms with E-state index in [1.54, 1.807) is 23.9 Å². The lowest BCUT2D eigenvalue weighted by atomic mass is 9.57. The van der Waals surface area contributed by atoms with Gasteiger partial charge in [0.15, 0.2) is 11.4 Å². The molecule has 0 bridgehead atoms. The molecular formula is C29H35F2N3O6. The fourth-order valence-electron chi connectivity index (χ4n) is 6.90. The normalized spacial score (nSPS) is 28.2. The number of likely N-dealkylation sites (N-methyl/N-ethyl adjacent to an activating group) is 1. The summed E-state index contributed by atoms with van der Waals surface area (Å²) < 4.78 is 29.1. The number of nitrogens with zero attached hydrogens (tertiary/aromatic N) is 2. The molecule has 0 radical (unpaired) electrons. The number of ketones is 1. The summed E-state index contributed by atoms with van der Waals surface area (Å²) >= 11 is 0. The maximum absolute atomic E-state index is 16.0. The van der Waals surface area contributed by atoms with Gasteiger partial charge in [0, 0.05) is 47.8 Å². The van der Waals surface area contributed by atoms with Gasteiger partial charge in [-0.05, 0) is 57.7 Å². The molecule has 1 fully saturated rings. The third kappa shape index (κ3) is 4.22. The van der Waals surface area contributed by atoms with Crippen molar-refractivity contribution in [3.63, 3.8) is 0 Å². The molecule has 1 aromatic carbocycles. The van der Waals surface area contributed by atoms with Crippen molar-refractivity contribution in [2.24, 2.45) is 23.5 Å². The second kappa shape index (κ2) is 9.97. The Morgan fingerprint density at radius 3 is 2.50 bits per heavy atom. The highest BCUT2D eigenvalue weighted by Crippen LogP contribution is 2.55. The number of carbonyl (C=O) groups is 2. The van der Waals surface area contributed by atoms with Gasteiger partial charge in [-0.15, -0.1) is 0 Å². The first-order valence-electron chi connectivity index (χ1n) is 13.4. The molecule has 40 heavy (non-hydrogen) atoms. The summed E-state index contributed by atoms with van der Waals surface area (Å²) in [6.07, 6.45) is 2.04. The highest BCUT2D eigenvalue weighted by molar-refractivity contribution is 6.13. The van der Waals surface area contributed by atoms with E-state index < -0.39 is 70.5 Å². The number of nitrogens with two attached hydrogens (primary N) is 1. The van der Waals surface area contributed by atoms with E-state index in [1.165, 1.54) is 0 Å². The minimum atomic E-state index is -2.31. The number of aliphatic hydroxyl groups is 3. The molecule has 4 aliphatic carbocycles. The van der Waals surface area contributed by atoms with Gasteiger partial charge in [0.05, 0.1) is 17.2 Å². The topological polar surface area (TPSA) is 148 Å². The van der Waals surface area contributed by atoms with Crippen LogP contribution in [0.5, 0.6) is 5.75 Å². The molecule has 0 spiro atoms. The van der Waals surface area contributed by atoms with Gasteiger partial charge in [0.25, 0.3) is 5.91 Å². The number of benzene rings is 1. The number of allylic oxidation sites excluding steroid dienone is 1. The van der Waals surface area contributed by atoms with Crippen LogP contribution >= 0.6 is 0 Å². The summed E-state index contributed by atoms with van der Waals surface area (Å²) in [4.78, 5) is 29.3. The average molecular weight is 560 g/mol. The third-order valence-electron chi connectivity index (χ3n) is 8.93. The van der Waals surface area contributed by atoms with Gasteiger partial charge in [0.1, 0.15) is 29.8 Å². The predicted molar refractivity (Wildman–Crippen MR) is 142 cm³/mol. The van der Waals surface area contributed by atoms with Gasteiger partial charge in [-0.1, -0.05) is 6.58 Å². The van der Waals surface area contributed by atoms with Crippen LogP contribution in [0.1, 0.15) is 40.7 Å². The zero-order valence-corrected chi connectivity index (χ0v) is 22.6. The molecule has 5 rings (SSSR count). The number of hydrogen-bond acceptors (Lipinski definition) is 8. The van der Waals surface area contributed by atoms with E-state index in [9.17, 15) is 34.4 Å². The van der Waals surface area contributed by atoms with Crippen molar-refractivity contribution in [1.82, 2.24) is 9.80 Å². The molecule has 1 saturated carbocycles. The number of alkyl halides is 1. The number of carbonyl (C=O) groups excluding carboxylic acids is 2. The van der Waals surface area contributed by atoms with Gasteiger partial charge >= 0.3 is 0 Å². The molecule has 4 atom stereocenters. The number of aliphatic hydroxyl groups excluding tert-OH is 2. The number of phenols is 1. The summed E-state index contributed by atoms with van der Waals surface area (Å²) in [5.74, 6) is -5.49. The van der Waals surface area contributed by atoms with Gasteiger partial charge in [0.2, 0.25) is 0 Å². The lowest BCUT2D eigenvalue weighted by molar-refractivity contribution is -0.115. The van der Waals surface area contributed by atoms with Crippen LogP contribution in [0.2, 0.25) is 0 Å². The van der Waals surface area contributed by atoms with Crippen molar-refractivity contribution in [1.29, 1.82) is 0 Å². The maximum atomic E-state index is 16.0. The number of rotatable bonds is 8. The number of fused-ring (bicyclic) bond motifs is 3. The lowest BCUT2D eigenvalue weighted by Crippen LogP contribution is -2.60. The average Bonchev–Trinajstić information content (AvgIpc) is 3.68. The molecule has 1 amide bonds. The van der Waals surface area contributed by atoms with Crippen LogP contribution in [0.4, 0.5) is 8.78 Å². The summed E-state index contributed by atoms with van der Waals surface area (Å²) in [5.41, 5.74) is 2.03. The monoisotopic (exact) mass is 559 g/mol. The fourth-order valence-corrected chi connectivity index (χ4v) is 6.90. The van der Waals surface area contributed by atoms with Crippen molar-refractivity contribution in [2.45, 2.75) is 43.9 Å². The Kier molecular flexibility index (Phi) is 7.04. The largest absolute Gasteiger partial charge is 0.510 e. The minimum Gasteiger partial charge on any atom is -0.510 e. The Bertz CT molecular complexity index is 1370. The molecule has 0 saturated heterocycles. The smallest absolute Gasteiger partial charge is 0.252 e. The van der Waals surface area contributed by atoms with Gasteiger partial charge in [-0.2, -0.15) is 0 Å². The first-order valence-corrected chi connectivity index (χ1v) is 13.4. The Balaban J connectivity index is 1.59. The van der Waals surface area contributed by atoms with Crippen molar-refractivity contribution in [2.75, 3.05) is 33.9 Å². The summed E-state index contributed by atoms with van der Waals surface area (Å²) in [7, 11) is 3.22. The van der Waals surface area contributed by atoms with Gasteiger partial charge in [-0.3, -0.25) is 19.4 Å².